The zero-order valence-electron chi connectivity index (χ0n) is 16.0. The number of fused-ring (bicyclic) bond motifs is 2. The molecule has 1 N–H and O–H groups in total. The Morgan fingerprint density at radius 3 is 2.76 bits per heavy atom. The van der Waals surface area contributed by atoms with Crippen LogP contribution in [0.4, 0.5) is 11.5 Å². The Balaban J connectivity index is 1.65. The maximum atomic E-state index is 11.6. The molecule has 0 amide bonds. The van der Waals surface area contributed by atoms with Crippen LogP contribution in [0.25, 0.3) is 21.9 Å². The van der Waals surface area contributed by atoms with Crippen LogP contribution in [0.3, 0.4) is 0 Å². The van der Waals surface area contributed by atoms with Crippen molar-refractivity contribution in [3.8, 4) is 11.1 Å². The van der Waals surface area contributed by atoms with Gasteiger partial charge in [-0.05, 0) is 47.6 Å². The van der Waals surface area contributed by atoms with E-state index in [1.165, 1.54) is 5.56 Å². The van der Waals surface area contributed by atoms with Gasteiger partial charge in [0.2, 0.25) is 0 Å². The Labute approximate surface area is 168 Å². The normalized spacial score (nSPS) is 13.5. The minimum Gasteiger partial charge on any atom is -0.477 e. The molecular formula is C23H20N4O2. The molecule has 0 radical (unpaired) electrons. The van der Waals surface area contributed by atoms with Crippen molar-refractivity contribution in [2.75, 3.05) is 11.4 Å². The van der Waals surface area contributed by atoms with E-state index in [0.29, 0.717) is 5.82 Å². The fraction of sp³-hybridized carbons (Fsp3) is 0.174. The van der Waals surface area contributed by atoms with E-state index in [-0.39, 0.29) is 5.69 Å². The Kier molecular flexibility index (Phi) is 4.05. The third-order valence-corrected chi connectivity index (χ3v) is 5.43. The van der Waals surface area contributed by atoms with Crippen LogP contribution >= 0.6 is 0 Å². The van der Waals surface area contributed by atoms with E-state index in [1.54, 1.807) is 10.7 Å². The van der Waals surface area contributed by atoms with E-state index >= 15 is 0 Å². The molecule has 5 rings (SSSR count). The van der Waals surface area contributed by atoms with Crippen molar-refractivity contribution < 1.29 is 9.90 Å². The molecule has 2 aromatic carbocycles. The maximum absolute atomic E-state index is 11.6. The largest absolute Gasteiger partial charge is 0.477 e. The highest BCUT2D eigenvalue weighted by atomic mass is 16.4. The summed E-state index contributed by atoms with van der Waals surface area (Å²) in [5.41, 5.74) is 4.62. The van der Waals surface area contributed by atoms with Gasteiger partial charge in [0.25, 0.3) is 0 Å². The zero-order chi connectivity index (χ0) is 20.0. The van der Waals surface area contributed by atoms with Crippen molar-refractivity contribution in [3.05, 3.63) is 72.2 Å². The second kappa shape index (κ2) is 6.74. The van der Waals surface area contributed by atoms with Gasteiger partial charge in [-0.25, -0.2) is 9.78 Å². The van der Waals surface area contributed by atoms with Crippen LogP contribution in [0.5, 0.6) is 0 Å². The summed E-state index contributed by atoms with van der Waals surface area (Å²) in [7, 11) is 1.91. The highest BCUT2D eigenvalue weighted by molar-refractivity contribution is 5.99. The number of hydrogen-bond acceptors (Lipinski definition) is 4. The molecule has 1 aliphatic heterocycles. The fourth-order valence-electron chi connectivity index (χ4n) is 4.06. The first-order valence-corrected chi connectivity index (χ1v) is 9.63. The van der Waals surface area contributed by atoms with Gasteiger partial charge in [-0.2, -0.15) is 5.10 Å². The third kappa shape index (κ3) is 3.02. The number of aromatic nitrogens is 3. The first-order valence-electron chi connectivity index (χ1n) is 9.63. The Morgan fingerprint density at radius 1 is 1.10 bits per heavy atom. The van der Waals surface area contributed by atoms with Gasteiger partial charge in [0.1, 0.15) is 5.82 Å². The fourth-order valence-corrected chi connectivity index (χ4v) is 4.06. The average molecular weight is 384 g/mol. The quantitative estimate of drug-likeness (QED) is 0.566. The molecule has 0 fully saturated rings. The van der Waals surface area contributed by atoms with E-state index in [2.05, 4.69) is 33.2 Å². The van der Waals surface area contributed by atoms with Crippen LogP contribution in [-0.2, 0) is 13.5 Å². The predicted octanol–water partition coefficient (Wildman–Crippen LogP) is 4.42. The number of carboxylic acid groups (broad SMARTS) is 1. The minimum absolute atomic E-state index is 0.0674. The van der Waals surface area contributed by atoms with Gasteiger partial charge in [-0.3, -0.25) is 4.68 Å². The molecular weight excluding hydrogens is 364 g/mol. The number of pyridine rings is 1. The molecule has 29 heavy (non-hydrogen) atoms. The van der Waals surface area contributed by atoms with Gasteiger partial charge >= 0.3 is 5.97 Å². The summed E-state index contributed by atoms with van der Waals surface area (Å²) in [6, 6.07) is 15.9. The molecule has 6 nitrogen and oxygen atoms in total. The zero-order valence-corrected chi connectivity index (χ0v) is 16.0. The average Bonchev–Trinajstić information content (AvgIpc) is 3.18. The topological polar surface area (TPSA) is 71.2 Å². The number of carbonyl (C=O) groups is 1. The van der Waals surface area contributed by atoms with Crippen LogP contribution < -0.4 is 4.90 Å². The predicted molar refractivity (Wildman–Crippen MR) is 113 cm³/mol. The molecule has 0 saturated carbocycles. The second-order valence-corrected chi connectivity index (χ2v) is 7.36. The van der Waals surface area contributed by atoms with Crippen molar-refractivity contribution in [3.63, 3.8) is 0 Å². The summed E-state index contributed by atoms with van der Waals surface area (Å²) in [4.78, 5) is 18.3. The number of aryl methyl sites for hydroxylation is 2. The Bertz CT molecular complexity index is 1240. The van der Waals surface area contributed by atoms with Crippen molar-refractivity contribution in [2.24, 2.45) is 7.05 Å². The van der Waals surface area contributed by atoms with Crippen molar-refractivity contribution >= 4 is 28.2 Å². The Morgan fingerprint density at radius 2 is 1.97 bits per heavy atom. The number of hydrogen-bond donors (Lipinski definition) is 1. The summed E-state index contributed by atoms with van der Waals surface area (Å²) in [6.07, 6.45) is 5.84. The van der Waals surface area contributed by atoms with E-state index in [9.17, 15) is 9.90 Å². The van der Waals surface area contributed by atoms with Gasteiger partial charge in [0, 0.05) is 36.4 Å². The molecule has 0 spiro atoms. The number of anilines is 2. The van der Waals surface area contributed by atoms with E-state index in [4.69, 9.17) is 0 Å². The summed E-state index contributed by atoms with van der Waals surface area (Å²) < 4.78 is 1.80. The number of nitrogens with zero attached hydrogens (tertiary/aromatic N) is 4. The standard InChI is InChI=1S/C23H20N4O2/c1-26-14-18(13-24-26)15-8-9-21-17(11-15)6-4-10-27(21)22-19-7-3-2-5-16(19)12-20(25-22)23(28)29/h2-3,5,7-9,11-14H,4,6,10H2,1H3,(H,28,29). The summed E-state index contributed by atoms with van der Waals surface area (Å²) >= 11 is 0. The van der Waals surface area contributed by atoms with Crippen LogP contribution in [0, 0.1) is 0 Å². The van der Waals surface area contributed by atoms with E-state index in [1.807, 2.05) is 43.7 Å². The summed E-state index contributed by atoms with van der Waals surface area (Å²) in [5.74, 6) is -0.309. The number of rotatable bonds is 3. The molecule has 0 atom stereocenters. The first kappa shape index (κ1) is 17.4. The highest BCUT2D eigenvalue weighted by Gasteiger charge is 2.23. The lowest BCUT2D eigenvalue weighted by molar-refractivity contribution is 0.0691. The number of benzene rings is 2. The van der Waals surface area contributed by atoms with Crippen molar-refractivity contribution in [1.82, 2.24) is 14.8 Å². The molecule has 2 aromatic heterocycles. The third-order valence-electron chi connectivity index (χ3n) is 5.43. The van der Waals surface area contributed by atoms with Crippen LogP contribution in [0.15, 0.2) is 60.9 Å². The van der Waals surface area contributed by atoms with Crippen molar-refractivity contribution in [2.45, 2.75) is 12.8 Å². The lowest BCUT2D eigenvalue weighted by Gasteiger charge is -2.31. The van der Waals surface area contributed by atoms with Gasteiger partial charge in [0.05, 0.1) is 6.20 Å². The molecule has 144 valence electrons. The van der Waals surface area contributed by atoms with Crippen LogP contribution in [-0.4, -0.2) is 32.4 Å². The molecule has 0 bridgehead atoms. The molecule has 0 saturated heterocycles. The SMILES string of the molecule is Cn1cc(-c2ccc3c(c2)CCCN3c2nc(C(=O)O)cc3ccccc23)cn1. The smallest absolute Gasteiger partial charge is 0.354 e. The van der Waals surface area contributed by atoms with E-state index < -0.39 is 5.97 Å². The Hall–Kier alpha value is -3.67. The molecule has 1 aliphatic rings. The summed E-state index contributed by atoms with van der Waals surface area (Å²) in [5, 5.41) is 15.6. The number of aromatic carboxylic acids is 1. The second-order valence-electron chi connectivity index (χ2n) is 7.36. The maximum Gasteiger partial charge on any atom is 0.354 e. The highest BCUT2D eigenvalue weighted by Crippen LogP contribution is 2.38. The minimum atomic E-state index is -1.01. The molecule has 4 aromatic rings. The molecule has 3 heterocycles. The van der Waals surface area contributed by atoms with Gasteiger partial charge in [0.15, 0.2) is 5.69 Å². The molecule has 0 aliphatic carbocycles. The van der Waals surface area contributed by atoms with Crippen LogP contribution in [0.2, 0.25) is 0 Å². The van der Waals surface area contributed by atoms with Gasteiger partial charge in [-0.1, -0.05) is 30.3 Å². The van der Waals surface area contributed by atoms with E-state index in [0.717, 1.165) is 47.0 Å². The first-order chi connectivity index (χ1) is 14.1. The monoisotopic (exact) mass is 384 g/mol. The molecule has 0 unspecified atom stereocenters. The van der Waals surface area contributed by atoms with Crippen molar-refractivity contribution in [1.29, 1.82) is 0 Å². The van der Waals surface area contributed by atoms with Crippen LogP contribution in [0.1, 0.15) is 22.5 Å². The lowest BCUT2D eigenvalue weighted by atomic mass is 9.97. The molecule has 6 heteroatoms. The van der Waals surface area contributed by atoms with Gasteiger partial charge < -0.3 is 10.0 Å². The number of carboxylic acids is 1. The lowest BCUT2D eigenvalue weighted by Crippen LogP contribution is -2.26. The van der Waals surface area contributed by atoms with Gasteiger partial charge in [-0.15, -0.1) is 0 Å². The summed E-state index contributed by atoms with van der Waals surface area (Å²) in [6.45, 7) is 0.805.